The number of anilines is 1. The summed E-state index contributed by atoms with van der Waals surface area (Å²) >= 11 is 0. The van der Waals surface area contributed by atoms with Gasteiger partial charge in [0.05, 0.1) is 5.69 Å². The van der Waals surface area contributed by atoms with E-state index in [1.54, 1.807) is 12.1 Å². The molecule has 5 nitrogen and oxygen atoms in total. The highest BCUT2D eigenvalue weighted by atomic mass is 19.1. The van der Waals surface area contributed by atoms with Gasteiger partial charge in [0.2, 0.25) is 0 Å². The zero-order valence-electron chi connectivity index (χ0n) is 11.3. The zero-order chi connectivity index (χ0) is 15.7. The molecule has 0 bridgehead atoms. The molecule has 0 radical (unpaired) electrons. The van der Waals surface area contributed by atoms with E-state index in [0.717, 1.165) is 5.01 Å². The molecular formula is C16H11FN2O3. The minimum atomic E-state index is -0.539. The Labute approximate surface area is 125 Å². The van der Waals surface area contributed by atoms with E-state index in [0.29, 0.717) is 11.3 Å². The van der Waals surface area contributed by atoms with Gasteiger partial charge in [0, 0.05) is 0 Å². The number of carbonyl (C=O) groups excluding carboxylic acids is 2. The lowest BCUT2D eigenvalue weighted by Crippen LogP contribution is -2.35. The monoisotopic (exact) mass is 298 g/mol. The number of phenolic OH excluding ortho intramolecular Hbond substituents is 1. The second kappa shape index (κ2) is 5.33. The number of benzene rings is 2. The summed E-state index contributed by atoms with van der Waals surface area (Å²) in [6, 6.07) is 11.3. The van der Waals surface area contributed by atoms with Gasteiger partial charge in [-0.15, -0.1) is 0 Å². The number of nitrogens with zero attached hydrogens (tertiary/aromatic N) is 1. The van der Waals surface area contributed by atoms with Crippen LogP contribution in [0.2, 0.25) is 0 Å². The van der Waals surface area contributed by atoms with E-state index >= 15 is 0 Å². The number of aromatic hydroxyl groups is 1. The van der Waals surface area contributed by atoms with E-state index in [1.807, 2.05) is 0 Å². The highest BCUT2D eigenvalue weighted by Gasteiger charge is 2.34. The average molecular weight is 298 g/mol. The van der Waals surface area contributed by atoms with Gasteiger partial charge in [0.15, 0.2) is 0 Å². The van der Waals surface area contributed by atoms with Crippen molar-refractivity contribution in [1.29, 1.82) is 0 Å². The van der Waals surface area contributed by atoms with Crippen molar-refractivity contribution in [3.05, 3.63) is 65.5 Å². The van der Waals surface area contributed by atoms with Gasteiger partial charge < -0.3 is 5.11 Å². The molecule has 3 rings (SSSR count). The van der Waals surface area contributed by atoms with E-state index < -0.39 is 17.6 Å². The first kappa shape index (κ1) is 13.8. The standard InChI is InChI=1S/C16H11FN2O3/c17-11-3-5-12(6-4-11)19-16(22)14(15(21)18-19)9-10-1-7-13(20)8-2-10/h1-9,20H,(H,18,21). The van der Waals surface area contributed by atoms with Gasteiger partial charge in [-0.2, -0.15) is 0 Å². The molecule has 2 N–H and O–H groups in total. The summed E-state index contributed by atoms with van der Waals surface area (Å²) in [6.45, 7) is 0. The van der Waals surface area contributed by atoms with Crippen molar-refractivity contribution in [3.8, 4) is 5.75 Å². The van der Waals surface area contributed by atoms with Crippen LogP contribution < -0.4 is 10.4 Å². The largest absolute Gasteiger partial charge is 0.508 e. The molecule has 0 unspecified atom stereocenters. The van der Waals surface area contributed by atoms with Crippen LogP contribution in [0, 0.1) is 5.82 Å². The van der Waals surface area contributed by atoms with Crippen molar-refractivity contribution in [3.63, 3.8) is 0 Å². The summed E-state index contributed by atoms with van der Waals surface area (Å²) in [5.41, 5.74) is 3.37. The van der Waals surface area contributed by atoms with E-state index in [2.05, 4.69) is 5.43 Å². The Morgan fingerprint density at radius 3 is 2.27 bits per heavy atom. The number of rotatable bonds is 2. The van der Waals surface area contributed by atoms with Crippen LogP contribution in [0.4, 0.5) is 10.1 Å². The number of carbonyl (C=O) groups is 2. The smallest absolute Gasteiger partial charge is 0.282 e. The van der Waals surface area contributed by atoms with Gasteiger partial charge in [-0.3, -0.25) is 15.0 Å². The quantitative estimate of drug-likeness (QED) is 0.658. The van der Waals surface area contributed by atoms with Crippen LogP contribution >= 0.6 is 0 Å². The number of hydrazine groups is 1. The van der Waals surface area contributed by atoms with Gasteiger partial charge in [0.1, 0.15) is 17.1 Å². The average Bonchev–Trinajstić information content (AvgIpc) is 2.78. The molecular weight excluding hydrogens is 287 g/mol. The Morgan fingerprint density at radius 2 is 1.64 bits per heavy atom. The summed E-state index contributed by atoms with van der Waals surface area (Å²) < 4.78 is 12.9. The fourth-order valence-electron chi connectivity index (χ4n) is 2.07. The van der Waals surface area contributed by atoms with Crippen LogP contribution in [0.25, 0.3) is 6.08 Å². The van der Waals surface area contributed by atoms with E-state index in [9.17, 15) is 19.1 Å². The molecule has 1 saturated heterocycles. The molecule has 0 spiro atoms. The predicted octanol–water partition coefficient (Wildman–Crippen LogP) is 1.99. The van der Waals surface area contributed by atoms with Crippen LogP contribution in [0.1, 0.15) is 5.56 Å². The molecule has 0 aliphatic carbocycles. The highest BCUT2D eigenvalue weighted by molar-refractivity contribution is 6.31. The maximum atomic E-state index is 12.9. The maximum Gasteiger partial charge on any atom is 0.282 e. The third kappa shape index (κ3) is 2.54. The van der Waals surface area contributed by atoms with Crippen LogP contribution in [0.3, 0.4) is 0 Å². The molecule has 0 aromatic heterocycles. The Balaban J connectivity index is 1.91. The normalized spacial score (nSPS) is 16.2. The molecule has 1 heterocycles. The van der Waals surface area contributed by atoms with Crippen LogP contribution in [-0.4, -0.2) is 16.9 Å². The van der Waals surface area contributed by atoms with E-state index in [-0.39, 0.29) is 11.3 Å². The molecule has 6 heteroatoms. The van der Waals surface area contributed by atoms with Crippen molar-refractivity contribution < 1.29 is 19.1 Å². The fraction of sp³-hybridized carbons (Fsp3) is 0. The van der Waals surface area contributed by atoms with Crippen LogP contribution in [-0.2, 0) is 9.59 Å². The molecule has 1 aliphatic heterocycles. The lowest BCUT2D eigenvalue weighted by atomic mass is 10.1. The molecule has 0 atom stereocenters. The molecule has 2 aromatic carbocycles. The summed E-state index contributed by atoms with van der Waals surface area (Å²) in [7, 11) is 0. The number of hydrogen-bond acceptors (Lipinski definition) is 3. The predicted molar refractivity (Wildman–Crippen MR) is 78.1 cm³/mol. The highest BCUT2D eigenvalue weighted by Crippen LogP contribution is 2.22. The molecule has 2 amide bonds. The Hall–Kier alpha value is -3.15. The zero-order valence-corrected chi connectivity index (χ0v) is 11.3. The SMILES string of the molecule is O=C1NN(c2ccc(F)cc2)C(=O)C1=Cc1ccc(O)cc1. The molecule has 110 valence electrons. The number of nitrogens with one attached hydrogen (secondary N) is 1. The first-order chi connectivity index (χ1) is 10.5. The second-order valence-electron chi connectivity index (χ2n) is 4.71. The third-order valence-corrected chi connectivity index (χ3v) is 3.18. The molecule has 1 fully saturated rings. The minimum absolute atomic E-state index is 0.0324. The molecule has 0 saturated carbocycles. The van der Waals surface area contributed by atoms with Crippen molar-refractivity contribution in [2.24, 2.45) is 0 Å². The molecule has 2 aromatic rings. The van der Waals surface area contributed by atoms with Crippen molar-refractivity contribution in [2.45, 2.75) is 0 Å². The number of amides is 2. The minimum Gasteiger partial charge on any atom is -0.508 e. The first-order valence-corrected chi connectivity index (χ1v) is 6.46. The first-order valence-electron chi connectivity index (χ1n) is 6.46. The van der Waals surface area contributed by atoms with Crippen molar-refractivity contribution in [1.82, 2.24) is 5.43 Å². The second-order valence-corrected chi connectivity index (χ2v) is 4.71. The lowest BCUT2D eigenvalue weighted by Gasteiger charge is -2.14. The summed E-state index contributed by atoms with van der Waals surface area (Å²) in [5, 5.41) is 10.3. The maximum absolute atomic E-state index is 12.9. The number of hydrogen-bond donors (Lipinski definition) is 2. The topological polar surface area (TPSA) is 69.6 Å². The number of phenols is 1. The van der Waals surface area contributed by atoms with Gasteiger partial charge in [-0.05, 0) is 48.0 Å². The van der Waals surface area contributed by atoms with Crippen LogP contribution in [0.15, 0.2) is 54.1 Å². The third-order valence-electron chi connectivity index (χ3n) is 3.18. The van der Waals surface area contributed by atoms with Crippen LogP contribution in [0.5, 0.6) is 5.75 Å². The number of halogens is 1. The van der Waals surface area contributed by atoms with Gasteiger partial charge in [-0.1, -0.05) is 12.1 Å². The van der Waals surface area contributed by atoms with Crippen molar-refractivity contribution in [2.75, 3.05) is 5.01 Å². The Morgan fingerprint density at radius 1 is 1.00 bits per heavy atom. The summed E-state index contributed by atoms with van der Waals surface area (Å²) in [5.74, 6) is -1.40. The van der Waals surface area contributed by atoms with E-state index in [1.165, 1.54) is 42.5 Å². The summed E-state index contributed by atoms with van der Waals surface area (Å²) in [6.07, 6.45) is 1.43. The Kier molecular flexibility index (Phi) is 3.34. The fourth-order valence-corrected chi connectivity index (χ4v) is 2.07. The van der Waals surface area contributed by atoms with Gasteiger partial charge >= 0.3 is 0 Å². The van der Waals surface area contributed by atoms with E-state index in [4.69, 9.17) is 0 Å². The van der Waals surface area contributed by atoms with Gasteiger partial charge in [0.25, 0.3) is 11.8 Å². The summed E-state index contributed by atoms with van der Waals surface area (Å²) in [4.78, 5) is 24.2. The Bertz CT molecular complexity index is 767. The lowest BCUT2D eigenvalue weighted by molar-refractivity contribution is -0.117. The van der Waals surface area contributed by atoms with Crippen molar-refractivity contribution >= 4 is 23.6 Å². The van der Waals surface area contributed by atoms with Gasteiger partial charge in [-0.25, -0.2) is 9.40 Å². The molecule has 22 heavy (non-hydrogen) atoms. The molecule has 1 aliphatic rings.